The molecule has 1 N–H and O–H groups in total. The maximum absolute atomic E-state index is 11.7. The summed E-state index contributed by atoms with van der Waals surface area (Å²) in [5, 5.41) is 8.49. The summed E-state index contributed by atoms with van der Waals surface area (Å²) in [6, 6.07) is 8.20. The lowest BCUT2D eigenvalue weighted by Gasteiger charge is -2.09. The van der Waals surface area contributed by atoms with E-state index in [9.17, 15) is 8.42 Å². The molecule has 0 radical (unpaired) electrons. The summed E-state index contributed by atoms with van der Waals surface area (Å²) in [6.45, 7) is 3.53. The van der Waals surface area contributed by atoms with E-state index in [4.69, 9.17) is 5.26 Å². The predicted molar refractivity (Wildman–Crippen MR) is 61.2 cm³/mol. The van der Waals surface area contributed by atoms with Crippen LogP contribution in [-0.2, 0) is 16.4 Å². The number of nitriles is 1. The molecule has 0 atom stereocenters. The van der Waals surface area contributed by atoms with Crippen LogP contribution in [0.2, 0.25) is 0 Å². The second kappa shape index (κ2) is 5.10. The third kappa shape index (κ3) is 3.33. The number of benzene rings is 1. The van der Waals surface area contributed by atoms with Crippen LogP contribution in [0.5, 0.6) is 0 Å². The van der Waals surface area contributed by atoms with Crippen LogP contribution >= 0.6 is 0 Å². The van der Waals surface area contributed by atoms with Crippen LogP contribution in [0.15, 0.2) is 29.2 Å². The van der Waals surface area contributed by atoms with Gasteiger partial charge >= 0.3 is 0 Å². The van der Waals surface area contributed by atoms with E-state index >= 15 is 0 Å². The lowest BCUT2D eigenvalue weighted by Crippen LogP contribution is -2.30. The Kier molecular flexibility index (Phi) is 4.05. The summed E-state index contributed by atoms with van der Waals surface area (Å²) >= 11 is 0. The summed E-state index contributed by atoms with van der Waals surface area (Å²) in [6.07, 6.45) is 0.290. The first kappa shape index (κ1) is 12.7. The Labute approximate surface area is 96.0 Å². The van der Waals surface area contributed by atoms with Crippen LogP contribution in [0.1, 0.15) is 19.4 Å². The molecule has 0 aromatic heterocycles. The van der Waals surface area contributed by atoms with E-state index in [1.807, 2.05) is 6.07 Å². The molecule has 1 rings (SSSR count). The molecule has 0 fully saturated rings. The Morgan fingerprint density at radius 2 is 1.88 bits per heavy atom. The van der Waals surface area contributed by atoms with Crippen LogP contribution < -0.4 is 4.72 Å². The molecular formula is C11H14N2O2S. The second-order valence-corrected chi connectivity index (χ2v) is 5.47. The molecule has 0 saturated carbocycles. The number of rotatable bonds is 4. The fraction of sp³-hybridized carbons (Fsp3) is 0.364. The van der Waals surface area contributed by atoms with Crippen LogP contribution in [0.4, 0.5) is 0 Å². The zero-order valence-corrected chi connectivity index (χ0v) is 10.1. The van der Waals surface area contributed by atoms with E-state index in [0.29, 0.717) is 0 Å². The molecule has 4 nitrogen and oxygen atoms in total. The first-order chi connectivity index (χ1) is 7.45. The number of nitrogens with one attached hydrogen (secondary N) is 1. The van der Waals surface area contributed by atoms with E-state index in [2.05, 4.69) is 4.72 Å². The van der Waals surface area contributed by atoms with Gasteiger partial charge in [0.2, 0.25) is 10.0 Å². The van der Waals surface area contributed by atoms with E-state index in [-0.39, 0.29) is 17.4 Å². The van der Waals surface area contributed by atoms with Crippen molar-refractivity contribution < 1.29 is 8.42 Å². The van der Waals surface area contributed by atoms with Crippen LogP contribution in [-0.4, -0.2) is 14.5 Å². The zero-order valence-electron chi connectivity index (χ0n) is 9.27. The summed E-state index contributed by atoms with van der Waals surface area (Å²) < 4.78 is 26.0. The van der Waals surface area contributed by atoms with Gasteiger partial charge in [-0.05, 0) is 31.5 Å². The zero-order chi connectivity index (χ0) is 12.2. The largest absolute Gasteiger partial charge is 0.240 e. The fourth-order valence-corrected chi connectivity index (χ4v) is 2.51. The van der Waals surface area contributed by atoms with Crippen molar-refractivity contribution >= 4 is 10.0 Å². The van der Waals surface area contributed by atoms with Gasteiger partial charge in [-0.3, -0.25) is 0 Å². The highest BCUT2D eigenvalue weighted by Gasteiger charge is 2.14. The Hall–Kier alpha value is -1.38. The highest BCUT2D eigenvalue weighted by Crippen LogP contribution is 2.11. The van der Waals surface area contributed by atoms with Gasteiger partial charge < -0.3 is 0 Å². The average molecular weight is 238 g/mol. The molecule has 1 aromatic carbocycles. The van der Waals surface area contributed by atoms with Gasteiger partial charge in [-0.25, -0.2) is 13.1 Å². The van der Waals surface area contributed by atoms with E-state index in [1.165, 1.54) is 12.1 Å². The molecule has 0 unspecified atom stereocenters. The smallest absolute Gasteiger partial charge is 0.209 e. The van der Waals surface area contributed by atoms with Crippen molar-refractivity contribution in [1.29, 1.82) is 5.26 Å². The highest BCUT2D eigenvalue weighted by atomic mass is 32.2. The molecule has 16 heavy (non-hydrogen) atoms. The lowest BCUT2D eigenvalue weighted by molar-refractivity contribution is 0.570. The van der Waals surface area contributed by atoms with Crippen molar-refractivity contribution in [3.8, 4) is 6.07 Å². The molecule has 0 heterocycles. The van der Waals surface area contributed by atoms with Crippen molar-refractivity contribution in [3.05, 3.63) is 29.8 Å². The third-order valence-corrected chi connectivity index (χ3v) is 3.58. The third-order valence-electron chi connectivity index (χ3n) is 1.91. The van der Waals surface area contributed by atoms with Crippen LogP contribution in [0.25, 0.3) is 0 Å². The monoisotopic (exact) mass is 238 g/mol. The van der Waals surface area contributed by atoms with E-state index < -0.39 is 10.0 Å². The maximum atomic E-state index is 11.7. The maximum Gasteiger partial charge on any atom is 0.240 e. The van der Waals surface area contributed by atoms with Gasteiger partial charge in [0.25, 0.3) is 0 Å². The first-order valence-electron chi connectivity index (χ1n) is 4.94. The molecule has 0 aliphatic carbocycles. The summed E-state index contributed by atoms with van der Waals surface area (Å²) in [7, 11) is -3.42. The molecule has 0 amide bonds. The molecule has 0 spiro atoms. The molecule has 5 heteroatoms. The van der Waals surface area contributed by atoms with Gasteiger partial charge in [-0.15, -0.1) is 0 Å². The van der Waals surface area contributed by atoms with Crippen molar-refractivity contribution in [1.82, 2.24) is 4.72 Å². The van der Waals surface area contributed by atoms with E-state index in [0.717, 1.165) is 5.56 Å². The topological polar surface area (TPSA) is 70.0 Å². The van der Waals surface area contributed by atoms with Crippen molar-refractivity contribution in [2.75, 3.05) is 0 Å². The summed E-state index contributed by atoms with van der Waals surface area (Å²) in [5.74, 6) is 0. The van der Waals surface area contributed by atoms with Gasteiger partial charge in [-0.1, -0.05) is 12.1 Å². The number of nitrogens with zero attached hydrogens (tertiary/aromatic N) is 1. The standard InChI is InChI=1S/C11H14N2O2S/c1-9(2)13-16(14,15)11-5-3-10(4-6-11)7-8-12/h3-6,9,13H,7H2,1-2H3. The fourth-order valence-electron chi connectivity index (χ4n) is 1.26. The van der Waals surface area contributed by atoms with Crippen LogP contribution in [0, 0.1) is 11.3 Å². The lowest BCUT2D eigenvalue weighted by atomic mass is 10.2. The molecule has 0 bridgehead atoms. The van der Waals surface area contributed by atoms with Gasteiger partial charge in [0, 0.05) is 6.04 Å². The van der Waals surface area contributed by atoms with Crippen LogP contribution in [0.3, 0.4) is 0 Å². The number of hydrogen-bond acceptors (Lipinski definition) is 3. The minimum atomic E-state index is -3.42. The Bertz CT molecular complexity index is 484. The van der Waals surface area contributed by atoms with Gasteiger partial charge in [0.1, 0.15) is 0 Å². The van der Waals surface area contributed by atoms with Crippen molar-refractivity contribution in [3.63, 3.8) is 0 Å². The SMILES string of the molecule is CC(C)NS(=O)(=O)c1ccc(CC#N)cc1. The molecule has 1 aromatic rings. The molecule has 0 aliphatic heterocycles. The predicted octanol–water partition coefficient (Wildman–Crippen LogP) is 1.44. The van der Waals surface area contributed by atoms with Gasteiger partial charge in [0.05, 0.1) is 17.4 Å². The summed E-state index contributed by atoms with van der Waals surface area (Å²) in [5.41, 5.74) is 0.811. The minimum Gasteiger partial charge on any atom is -0.209 e. The van der Waals surface area contributed by atoms with Crippen molar-refractivity contribution in [2.24, 2.45) is 0 Å². The number of hydrogen-bond donors (Lipinski definition) is 1. The molecule has 0 aliphatic rings. The average Bonchev–Trinajstić information content (AvgIpc) is 2.17. The first-order valence-corrected chi connectivity index (χ1v) is 6.42. The Morgan fingerprint density at radius 1 is 1.31 bits per heavy atom. The second-order valence-electron chi connectivity index (χ2n) is 3.75. The minimum absolute atomic E-state index is 0.135. The molecular weight excluding hydrogens is 224 g/mol. The quantitative estimate of drug-likeness (QED) is 0.862. The molecule has 86 valence electrons. The van der Waals surface area contributed by atoms with Gasteiger partial charge in [0.15, 0.2) is 0 Å². The normalized spacial score (nSPS) is 11.4. The van der Waals surface area contributed by atoms with Gasteiger partial charge in [-0.2, -0.15) is 5.26 Å². The highest BCUT2D eigenvalue weighted by molar-refractivity contribution is 7.89. The Morgan fingerprint density at radius 3 is 2.31 bits per heavy atom. The summed E-state index contributed by atoms with van der Waals surface area (Å²) in [4.78, 5) is 0.225. The van der Waals surface area contributed by atoms with E-state index in [1.54, 1.807) is 26.0 Å². The van der Waals surface area contributed by atoms with Crippen molar-refractivity contribution in [2.45, 2.75) is 31.2 Å². The Balaban J connectivity index is 2.94. The number of sulfonamides is 1. The molecule has 0 saturated heterocycles.